The highest BCUT2D eigenvalue weighted by molar-refractivity contribution is 7.09. The molecule has 94 valence electrons. The second-order valence-corrected chi connectivity index (χ2v) is 5.72. The summed E-state index contributed by atoms with van der Waals surface area (Å²) < 4.78 is 0. The molecular weight excluding hydrogens is 234 g/mol. The number of likely N-dealkylation sites (tertiary alicyclic amines) is 1. The summed E-state index contributed by atoms with van der Waals surface area (Å²) in [4.78, 5) is 18.4. The van der Waals surface area contributed by atoms with E-state index < -0.39 is 0 Å². The fourth-order valence-corrected chi connectivity index (χ4v) is 2.72. The van der Waals surface area contributed by atoms with E-state index in [4.69, 9.17) is 5.73 Å². The number of nitrogens with two attached hydrogens (primary N) is 1. The molecule has 1 aliphatic heterocycles. The first kappa shape index (κ1) is 12.5. The van der Waals surface area contributed by atoms with E-state index in [9.17, 15) is 4.79 Å². The Bertz CT molecular complexity index is 394. The van der Waals surface area contributed by atoms with Gasteiger partial charge in [-0.05, 0) is 25.7 Å². The maximum Gasteiger partial charge on any atom is 0.273 e. The van der Waals surface area contributed by atoms with Gasteiger partial charge in [-0.2, -0.15) is 0 Å². The summed E-state index contributed by atoms with van der Waals surface area (Å²) in [6.07, 6.45) is 2.19. The number of carbonyl (C=O) groups excluding carboxylic acids is 1. The quantitative estimate of drug-likeness (QED) is 0.877. The molecule has 0 aliphatic carbocycles. The fraction of sp³-hybridized carbons (Fsp3) is 0.667. The van der Waals surface area contributed by atoms with E-state index in [0.717, 1.165) is 36.9 Å². The van der Waals surface area contributed by atoms with Crippen LogP contribution in [0.15, 0.2) is 5.38 Å². The molecular formula is C12H19N3OS. The minimum Gasteiger partial charge on any atom is -0.337 e. The van der Waals surface area contributed by atoms with Gasteiger partial charge in [-0.1, -0.05) is 6.92 Å². The molecule has 0 saturated carbocycles. The number of rotatable bonds is 2. The molecule has 2 heterocycles. The average Bonchev–Trinajstić information content (AvgIpc) is 2.78. The predicted octanol–water partition coefficient (Wildman–Crippen LogP) is 2.03. The van der Waals surface area contributed by atoms with Crippen molar-refractivity contribution in [2.75, 3.05) is 13.1 Å². The van der Waals surface area contributed by atoms with Crippen LogP contribution >= 0.6 is 11.3 Å². The van der Waals surface area contributed by atoms with Crippen molar-refractivity contribution in [3.05, 3.63) is 16.1 Å². The number of carbonyl (C=O) groups is 1. The molecule has 4 nitrogen and oxygen atoms in total. The maximum atomic E-state index is 12.2. The summed E-state index contributed by atoms with van der Waals surface area (Å²) in [6.45, 7) is 5.82. The van der Waals surface area contributed by atoms with Gasteiger partial charge in [0.05, 0.1) is 6.04 Å². The Morgan fingerprint density at radius 1 is 1.59 bits per heavy atom. The summed E-state index contributed by atoms with van der Waals surface area (Å²) in [6, 6.07) is -0.0945. The molecule has 0 aromatic carbocycles. The van der Waals surface area contributed by atoms with Crippen LogP contribution in [0.5, 0.6) is 0 Å². The normalized spacial score (nSPS) is 19.4. The van der Waals surface area contributed by atoms with E-state index >= 15 is 0 Å². The highest BCUT2D eigenvalue weighted by Crippen LogP contribution is 2.20. The third-order valence-electron chi connectivity index (χ3n) is 3.20. The highest BCUT2D eigenvalue weighted by Gasteiger charge is 2.23. The molecule has 1 aromatic heterocycles. The zero-order chi connectivity index (χ0) is 12.4. The molecule has 1 atom stereocenters. The monoisotopic (exact) mass is 253 g/mol. The van der Waals surface area contributed by atoms with Gasteiger partial charge in [-0.15, -0.1) is 11.3 Å². The molecule has 2 N–H and O–H groups in total. The van der Waals surface area contributed by atoms with Crippen LogP contribution in [0.25, 0.3) is 0 Å². The zero-order valence-electron chi connectivity index (χ0n) is 10.3. The standard InChI is InChI=1S/C12H19N3OS/c1-8-3-5-15(6-4-8)12(16)10-7-17-11(14-10)9(2)13/h7-9H,3-6,13H2,1-2H3. The number of thiazole rings is 1. The Kier molecular flexibility index (Phi) is 3.79. The molecule has 1 unspecified atom stereocenters. The van der Waals surface area contributed by atoms with E-state index in [1.54, 1.807) is 0 Å². The van der Waals surface area contributed by atoms with Gasteiger partial charge in [0.1, 0.15) is 10.7 Å². The SMILES string of the molecule is CC1CCN(C(=O)c2csc(C(C)N)n2)CC1. The van der Waals surface area contributed by atoms with Crippen molar-refractivity contribution in [1.82, 2.24) is 9.88 Å². The number of nitrogens with zero attached hydrogens (tertiary/aromatic N) is 2. The first-order valence-corrected chi connectivity index (χ1v) is 6.96. The van der Waals surface area contributed by atoms with Gasteiger partial charge in [0.25, 0.3) is 5.91 Å². The fourth-order valence-electron chi connectivity index (χ4n) is 1.97. The molecule has 0 bridgehead atoms. The highest BCUT2D eigenvalue weighted by atomic mass is 32.1. The van der Waals surface area contributed by atoms with Crippen LogP contribution < -0.4 is 5.73 Å². The number of hydrogen-bond donors (Lipinski definition) is 1. The van der Waals surface area contributed by atoms with Crippen molar-refractivity contribution in [1.29, 1.82) is 0 Å². The van der Waals surface area contributed by atoms with Gasteiger partial charge in [0.2, 0.25) is 0 Å². The lowest BCUT2D eigenvalue weighted by Crippen LogP contribution is -2.38. The first-order valence-electron chi connectivity index (χ1n) is 6.08. The molecule has 1 saturated heterocycles. The van der Waals surface area contributed by atoms with Crippen molar-refractivity contribution in [3.8, 4) is 0 Å². The van der Waals surface area contributed by atoms with Gasteiger partial charge in [-0.3, -0.25) is 4.79 Å². The molecule has 1 aliphatic rings. The van der Waals surface area contributed by atoms with Gasteiger partial charge < -0.3 is 10.6 Å². The Labute approximate surface area is 106 Å². The molecule has 5 heteroatoms. The molecule has 1 amide bonds. The maximum absolute atomic E-state index is 12.2. The predicted molar refractivity (Wildman–Crippen MR) is 69.0 cm³/mol. The number of aromatic nitrogens is 1. The second kappa shape index (κ2) is 5.14. The van der Waals surface area contributed by atoms with Crippen molar-refractivity contribution in [3.63, 3.8) is 0 Å². The van der Waals surface area contributed by atoms with Gasteiger partial charge in [-0.25, -0.2) is 4.98 Å². The summed E-state index contributed by atoms with van der Waals surface area (Å²) >= 11 is 1.47. The van der Waals surface area contributed by atoms with Crippen LogP contribution in [0.2, 0.25) is 0 Å². The lowest BCUT2D eigenvalue weighted by molar-refractivity contribution is 0.0692. The largest absolute Gasteiger partial charge is 0.337 e. The van der Waals surface area contributed by atoms with Crippen LogP contribution in [0.3, 0.4) is 0 Å². The summed E-state index contributed by atoms with van der Waals surface area (Å²) in [5.74, 6) is 0.786. The smallest absolute Gasteiger partial charge is 0.273 e. The Balaban J connectivity index is 2.03. The third kappa shape index (κ3) is 2.84. The number of piperidine rings is 1. The number of hydrogen-bond acceptors (Lipinski definition) is 4. The molecule has 2 rings (SSSR count). The molecule has 0 radical (unpaired) electrons. The van der Waals surface area contributed by atoms with E-state index in [1.165, 1.54) is 11.3 Å². The molecule has 17 heavy (non-hydrogen) atoms. The van der Waals surface area contributed by atoms with Crippen LogP contribution in [0, 0.1) is 5.92 Å². The topological polar surface area (TPSA) is 59.2 Å². The lowest BCUT2D eigenvalue weighted by Gasteiger charge is -2.29. The molecule has 1 fully saturated rings. The van der Waals surface area contributed by atoms with Gasteiger partial charge in [0, 0.05) is 18.5 Å². The van der Waals surface area contributed by atoms with Crippen molar-refractivity contribution >= 4 is 17.2 Å². The van der Waals surface area contributed by atoms with Gasteiger partial charge >= 0.3 is 0 Å². The van der Waals surface area contributed by atoms with Crippen LogP contribution in [-0.4, -0.2) is 28.9 Å². The minimum absolute atomic E-state index is 0.0556. The third-order valence-corrected chi connectivity index (χ3v) is 4.25. The first-order chi connectivity index (χ1) is 8.08. The van der Waals surface area contributed by atoms with Crippen molar-refractivity contribution in [2.45, 2.75) is 32.7 Å². The van der Waals surface area contributed by atoms with Crippen LogP contribution in [0.4, 0.5) is 0 Å². The van der Waals surface area contributed by atoms with E-state index in [-0.39, 0.29) is 11.9 Å². The van der Waals surface area contributed by atoms with E-state index in [1.807, 2.05) is 17.2 Å². The molecule has 1 aromatic rings. The zero-order valence-corrected chi connectivity index (χ0v) is 11.2. The van der Waals surface area contributed by atoms with Crippen LogP contribution in [-0.2, 0) is 0 Å². The molecule has 0 spiro atoms. The minimum atomic E-state index is -0.0945. The van der Waals surface area contributed by atoms with E-state index in [0.29, 0.717) is 5.69 Å². The van der Waals surface area contributed by atoms with E-state index in [2.05, 4.69) is 11.9 Å². The second-order valence-electron chi connectivity index (χ2n) is 4.83. The lowest BCUT2D eigenvalue weighted by atomic mass is 9.99. The Morgan fingerprint density at radius 3 is 2.76 bits per heavy atom. The summed E-state index contributed by atoms with van der Waals surface area (Å²) in [5, 5.41) is 2.65. The number of amides is 1. The van der Waals surface area contributed by atoms with Crippen molar-refractivity contribution < 1.29 is 4.79 Å². The summed E-state index contributed by atoms with van der Waals surface area (Å²) in [5.41, 5.74) is 6.30. The Morgan fingerprint density at radius 2 is 2.24 bits per heavy atom. The average molecular weight is 253 g/mol. The van der Waals surface area contributed by atoms with Crippen LogP contribution in [0.1, 0.15) is 48.2 Å². The van der Waals surface area contributed by atoms with Crippen molar-refractivity contribution in [2.24, 2.45) is 11.7 Å². The van der Waals surface area contributed by atoms with Gasteiger partial charge in [0.15, 0.2) is 0 Å². The summed E-state index contributed by atoms with van der Waals surface area (Å²) in [7, 11) is 0. The Hall–Kier alpha value is -0.940.